The second kappa shape index (κ2) is 23.6. The molecule has 0 bridgehead atoms. The van der Waals surface area contributed by atoms with E-state index < -0.39 is 0 Å². The third-order valence-corrected chi connectivity index (χ3v) is 20.6. The molecule has 8 heteroatoms. The molecule has 0 aliphatic rings. The van der Waals surface area contributed by atoms with Gasteiger partial charge in [0.1, 0.15) is 6.07 Å². The van der Waals surface area contributed by atoms with Gasteiger partial charge in [0.25, 0.3) is 0 Å². The Morgan fingerprint density at radius 3 is 0.922 bits per heavy atom. The van der Waals surface area contributed by atoms with Crippen LogP contribution in [0.1, 0.15) is 5.56 Å². The van der Waals surface area contributed by atoms with Crippen molar-refractivity contribution in [2.45, 2.75) is 0 Å². The van der Waals surface area contributed by atoms with E-state index in [2.05, 4.69) is 333 Å². The largest absolute Gasteiger partial charge is 0.309 e. The predicted molar refractivity (Wildman–Crippen MR) is 420 cm³/mol. The zero-order valence-electron chi connectivity index (χ0n) is 55.1. The average Bonchev–Trinajstić information content (AvgIpc) is 1.41. The van der Waals surface area contributed by atoms with E-state index in [0.29, 0.717) is 5.56 Å². The van der Waals surface area contributed by atoms with Gasteiger partial charge in [-0.25, -0.2) is 0 Å². The Hall–Kier alpha value is -14.0. The molecule has 0 saturated heterocycles. The summed E-state index contributed by atoms with van der Waals surface area (Å²) in [4.78, 5) is 14.9. The van der Waals surface area contributed by atoms with Crippen LogP contribution in [0.4, 0.5) is 0 Å². The number of hydrogen-bond acceptors (Lipinski definition) is 4. The van der Waals surface area contributed by atoms with Crippen molar-refractivity contribution in [1.29, 1.82) is 5.26 Å². The number of aromatic nitrogens is 7. The molecule has 0 fully saturated rings. The van der Waals surface area contributed by atoms with Gasteiger partial charge < -0.3 is 18.3 Å². The molecule has 20 aromatic rings. The molecule has 0 amide bonds. The highest BCUT2D eigenvalue weighted by atomic mass is 15.0. The lowest BCUT2D eigenvalue weighted by molar-refractivity contribution is 1.13. The van der Waals surface area contributed by atoms with Crippen molar-refractivity contribution in [1.82, 2.24) is 33.2 Å². The number of para-hydroxylation sites is 2. The Balaban J connectivity index is 0.896. The van der Waals surface area contributed by atoms with Gasteiger partial charge in [-0.2, -0.15) is 5.26 Å². The van der Waals surface area contributed by atoms with E-state index in [-0.39, 0.29) is 0 Å². The van der Waals surface area contributed by atoms with Crippen LogP contribution in [0.2, 0.25) is 0 Å². The molecule has 8 nitrogen and oxygen atoms in total. The van der Waals surface area contributed by atoms with Crippen molar-refractivity contribution < 1.29 is 0 Å². The highest BCUT2D eigenvalue weighted by molar-refractivity contribution is 6.16. The van der Waals surface area contributed by atoms with Gasteiger partial charge in [-0.3, -0.25) is 15.0 Å². The molecular formula is C94H58N8. The zero-order valence-corrected chi connectivity index (χ0v) is 55.1. The highest BCUT2D eigenvalue weighted by Gasteiger charge is 2.33. The molecule has 7 aromatic heterocycles. The molecule has 0 spiro atoms. The molecule has 7 heterocycles. The molecule has 102 heavy (non-hydrogen) atoms. The van der Waals surface area contributed by atoms with Gasteiger partial charge in [-0.1, -0.05) is 206 Å². The van der Waals surface area contributed by atoms with Crippen molar-refractivity contribution >= 4 is 87.5 Å². The van der Waals surface area contributed by atoms with E-state index in [0.717, 1.165) is 188 Å². The number of benzene rings is 13. The quantitative estimate of drug-likeness (QED) is 0.129. The van der Waals surface area contributed by atoms with E-state index in [9.17, 15) is 5.26 Å². The lowest BCUT2D eigenvalue weighted by atomic mass is 9.83. The number of hydrogen-bond donors (Lipinski definition) is 0. The van der Waals surface area contributed by atoms with E-state index in [1.165, 1.54) is 0 Å². The molecular weight excluding hydrogens is 1240 g/mol. The van der Waals surface area contributed by atoms with Crippen LogP contribution >= 0.6 is 0 Å². The number of nitrogens with zero attached hydrogens (tertiary/aromatic N) is 8. The summed E-state index contributed by atoms with van der Waals surface area (Å²) in [7, 11) is 0. The Kier molecular flexibility index (Phi) is 13.5. The van der Waals surface area contributed by atoms with Gasteiger partial charge in [0.05, 0.1) is 72.1 Å². The first-order valence-electron chi connectivity index (χ1n) is 34.4. The first kappa shape index (κ1) is 58.2. The maximum atomic E-state index is 12.7. The summed E-state index contributed by atoms with van der Waals surface area (Å²) in [6.45, 7) is 0. The lowest BCUT2D eigenvalue weighted by Gasteiger charge is -2.28. The summed E-state index contributed by atoms with van der Waals surface area (Å²) < 4.78 is 9.47. The molecule has 0 saturated carbocycles. The molecule has 0 unspecified atom stereocenters. The molecule has 0 N–H and O–H groups in total. The van der Waals surface area contributed by atoms with Crippen molar-refractivity contribution in [3.63, 3.8) is 0 Å². The predicted octanol–water partition coefficient (Wildman–Crippen LogP) is 23.8. The molecule has 0 aliphatic heterocycles. The van der Waals surface area contributed by atoms with Crippen LogP contribution < -0.4 is 0 Å². The maximum absolute atomic E-state index is 12.7. The maximum Gasteiger partial charge on any atom is 0.102 e. The molecule has 0 atom stereocenters. The van der Waals surface area contributed by atoms with Gasteiger partial charge in [0.2, 0.25) is 0 Å². The van der Waals surface area contributed by atoms with Crippen LogP contribution in [-0.4, -0.2) is 33.2 Å². The van der Waals surface area contributed by atoms with E-state index in [1.54, 1.807) is 0 Å². The minimum atomic E-state index is 0.484. The van der Waals surface area contributed by atoms with Crippen LogP contribution in [0.3, 0.4) is 0 Å². The third-order valence-electron chi connectivity index (χ3n) is 20.6. The molecule has 13 aromatic carbocycles. The minimum Gasteiger partial charge on any atom is -0.309 e. The van der Waals surface area contributed by atoms with Crippen molar-refractivity contribution in [2.75, 3.05) is 0 Å². The summed E-state index contributed by atoms with van der Waals surface area (Å²) in [5.41, 5.74) is 28.2. The smallest absolute Gasteiger partial charge is 0.102 e. The number of rotatable bonds is 11. The van der Waals surface area contributed by atoms with Gasteiger partial charge in [0, 0.05) is 85.2 Å². The summed E-state index contributed by atoms with van der Waals surface area (Å²) in [6.07, 6.45) is 7.39. The van der Waals surface area contributed by atoms with Crippen LogP contribution in [0.5, 0.6) is 0 Å². The van der Waals surface area contributed by atoms with E-state index >= 15 is 0 Å². The fraction of sp³-hybridized carbons (Fsp3) is 0. The Labute approximate surface area is 587 Å². The normalized spacial score (nSPS) is 11.7. The molecule has 0 aliphatic carbocycles. The summed E-state index contributed by atoms with van der Waals surface area (Å²) in [6, 6.07) is 121. The highest BCUT2D eigenvalue weighted by Crippen LogP contribution is 2.53. The van der Waals surface area contributed by atoms with E-state index in [4.69, 9.17) is 9.97 Å². The van der Waals surface area contributed by atoms with Gasteiger partial charge in [-0.05, 0) is 183 Å². The standard InChI is InChI=1S/C94H58N8/c95-59-79-88(66-49-53-96-54-50-66)94(102-81-30-16-14-28-74(81)92-87(102)32-18-52-98-92)90(65-35-43-72(44-36-65)100-84-47-39-69(62-23-9-3-10-24-62)57-77(84)78-58-70(40-48-85(78)100)63-25-11-4-12-26-63)89(93(79)101-80-29-15-13-27-73(80)91-86(101)31-17-51-97-91)64-33-41-71(42-34-64)99-82-45-37-67(60-19-5-1-6-20-60)55-75(82)76-56-68(38-46-83(76)99)61-21-7-2-8-22-61/h1-58H. The summed E-state index contributed by atoms with van der Waals surface area (Å²) in [5.74, 6) is 0. The molecule has 20 rings (SSSR count). The van der Waals surface area contributed by atoms with Gasteiger partial charge in [-0.15, -0.1) is 0 Å². The van der Waals surface area contributed by atoms with Crippen LogP contribution in [0.15, 0.2) is 352 Å². The summed E-state index contributed by atoms with van der Waals surface area (Å²) >= 11 is 0. The first-order chi connectivity index (χ1) is 50.6. The lowest BCUT2D eigenvalue weighted by Crippen LogP contribution is -2.11. The second-order valence-corrected chi connectivity index (χ2v) is 26.1. The third kappa shape index (κ3) is 9.19. The van der Waals surface area contributed by atoms with Gasteiger partial charge >= 0.3 is 0 Å². The fourth-order valence-electron chi connectivity index (χ4n) is 16.1. The Morgan fingerprint density at radius 1 is 0.225 bits per heavy atom. The summed E-state index contributed by atoms with van der Waals surface area (Å²) in [5, 5.41) is 19.3. The van der Waals surface area contributed by atoms with Gasteiger partial charge in [0.15, 0.2) is 0 Å². The monoisotopic (exact) mass is 1300 g/mol. The zero-order chi connectivity index (χ0) is 67.4. The topological polar surface area (TPSA) is 82.2 Å². The average molecular weight is 1300 g/mol. The van der Waals surface area contributed by atoms with Crippen LogP contribution in [0.25, 0.3) is 188 Å². The van der Waals surface area contributed by atoms with Crippen LogP contribution in [0, 0.1) is 11.3 Å². The Bertz CT molecular complexity index is 6460. The number of nitriles is 1. The van der Waals surface area contributed by atoms with Crippen molar-refractivity contribution in [3.8, 4) is 107 Å². The Morgan fingerprint density at radius 2 is 0.539 bits per heavy atom. The minimum absolute atomic E-state index is 0.484. The fourth-order valence-corrected chi connectivity index (χ4v) is 16.1. The molecule has 474 valence electrons. The number of pyridine rings is 3. The first-order valence-corrected chi connectivity index (χ1v) is 34.4. The van der Waals surface area contributed by atoms with Crippen molar-refractivity contribution in [2.24, 2.45) is 0 Å². The van der Waals surface area contributed by atoms with Crippen LogP contribution in [-0.2, 0) is 0 Å². The van der Waals surface area contributed by atoms with E-state index in [1.807, 2.05) is 49.1 Å². The number of fused-ring (bicyclic) bond motifs is 12. The second-order valence-electron chi connectivity index (χ2n) is 26.1. The SMILES string of the molecule is N#Cc1c(-c2ccncc2)c(-n2c3ccccc3c3ncccc32)c(-c2ccc(-n3c4ccc(-c5ccccc5)cc4c4cc(-c5ccccc5)ccc43)cc2)c(-c2ccc(-n3c4ccc(-c5ccccc5)cc4c4cc(-c5ccccc5)ccc43)cc2)c1-n1c2ccccc2c2ncccc21. The molecule has 0 radical (unpaired) electrons. The van der Waals surface area contributed by atoms with Crippen molar-refractivity contribution in [3.05, 3.63) is 358 Å².